The largest absolute Gasteiger partial charge is 0.481 e. The molecule has 1 N–H and O–H groups in total. The maximum absolute atomic E-state index is 11.3. The van der Waals surface area contributed by atoms with E-state index in [1.165, 1.54) is 5.69 Å². The second-order valence-electron chi connectivity index (χ2n) is 7.85. The van der Waals surface area contributed by atoms with Crippen LogP contribution < -0.4 is 0 Å². The molecular formula is C23H18N6O3. The van der Waals surface area contributed by atoms with Crippen LogP contribution in [0, 0.1) is 0 Å². The predicted octanol–water partition coefficient (Wildman–Crippen LogP) is 3.90. The van der Waals surface area contributed by atoms with E-state index in [0.717, 1.165) is 29.3 Å². The minimum atomic E-state index is -0.782. The number of carboxylic acids is 1. The number of carbonyl (C=O) groups is 1. The molecule has 0 radical (unpaired) electrons. The van der Waals surface area contributed by atoms with Crippen molar-refractivity contribution >= 4 is 16.9 Å². The topological polar surface area (TPSA) is 112 Å². The first-order chi connectivity index (χ1) is 15.7. The molecular weight excluding hydrogens is 408 g/mol. The third-order valence-corrected chi connectivity index (χ3v) is 5.85. The molecule has 1 aromatic carbocycles. The maximum atomic E-state index is 11.3. The van der Waals surface area contributed by atoms with Crippen LogP contribution in [-0.4, -0.2) is 40.5 Å². The lowest BCUT2D eigenvalue weighted by Crippen LogP contribution is -2.09. The first kappa shape index (κ1) is 18.5. The number of fused-ring (bicyclic) bond motifs is 3. The van der Waals surface area contributed by atoms with E-state index >= 15 is 0 Å². The van der Waals surface area contributed by atoms with Crippen molar-refractivity contribution in [1.82, 2.24) is 29.5 Å². The van der Waals surface area contributed by atoms with Gasteiger partial charge in [0.25, 0.3) is 5.89 Å². The fraction of sp³-hybridized carbons (Fsp3) is 0.174. The van der Waals surface area contributed by atoms with Crippen molar-refractivity contribution in [2.45, 2.75) is 25.3 Å². The van der Waals surface area contributed by atoms with E-state index in [4.69, 9.17) is 4.52 Å². The number of nitrogens with zero attached hydrogens (tertiary/aromatic N) is 6. The van der Waals surface area contributed by atoms with Crippen LogP contribution in [0.5, 0.6) is 0 Å². The minimum Gasteiger partial charge on any atom is -0.481 e. The summed E-state index contributed by atoms with van der Waals surface area (Å²) < 4.78 is 9.30. The number of benzene rings is 1. The summed E-state index contributed by atoms with van der Waals surface area (Å²) >= 11 is 0. The van der Waals surface area contributed by atoms with E-state index in [1.807, 2.05) is 42.6 Å². The molecule has 158 valence electrons. The number of carboxylic acid groups (broad SMARTS) is 1. The zero-order valence-corrected chi connectivity index (χ0v) is 16.9. The summed E-state index contributed by atoms with van der Waals surface area (Å²) in [7, 11) is 0. The van der Waals surface area contributed by atoms with Gasteiger partial charge in [-0.3, -0.25) is 4.79 Å². The van der Waals surface area contributed by atoms with Gasteiger partial charge in [0, 0.05) is 41.4 Å². The normalized spacial score (nSPS) is 15.3. The van der Waals surface area contributed by atoms with Crippen LogP contribution in [0.2, 0.25) is 0 Å². The maximum Gasteiger partial charge on any atom is 0.305 e. The molecule has 0 fully saturated rings. The van der Waals surface area contributed by atoms with Gasteiger partial charge in [0.2, 0.25) is 5.82 Å². The quantitative estimate of drug-likeness (QED) is 0.453. The highest BCUT2D eigenvalue weighted by Gasteiger charge is 2.26. The molecule has 0 amide bonds. The van der Waals surface area contributed by atoms with E-state index in [9.17, 15) is 9.90 Å². The molecule has 0 saturated heterocycles. The van der Waals surface area contributed by atoms with E-state index in [1.54, 1.807) is 17.1 Å². The molecule has 9 nitrogen and oxygen atoms in total. The zero-order chi connectivity index (χ0) is 21.7. The molecule has 0 spiro atoms. The SMILES string of the molecule is O=C(O)CC1CCc2cc3ccc(-c4noc(-c5ccc(-n6cccn6)nc5)n4)cc3n21. The molecule has 0 bridgehead atoms. The van der Waals surface area contributed by atoms with Gasteiger partial charge in [0.15, 0.2) is 5.82 Å². The molecule has 32 heavy (non-hydrogen) atoms. The Balaban J connectivity index is 1.33. The highest BCUT2D eigenvalue weighted by Crippen LogP contribution is 2.36. The number of aryl methyl sites for hydroxylation is 1. The molecule has 0 saturated carbocycles. The van der Waals surface area contributed by atoms with Gasteiger partial charge in [-0.15, -0.1) is 0 Å². The monoisotopic (exact) mass is 426 g/mol. The Kier molecular flexibility index (Phi) is 4.14. The Morgan fingerprint density at radius 2 is 2.09 bits per heavy atom. The molecule has 5 aromatic rings. The van der Waals surface area contributed by atoms with Crippen molar-refractivity contribution in [3.8, 4) is 28.7 Å². The summed E-state index contributed by atoms with van der Waals surface area (Å²) in [5.74, 6) is 0.767. The molecule has 4 aromatic heterocycles. The summed E-state index contributed by atoms with van der Waals surface area (Å²) in [6, 6.07) is 13.6. The average molecular weight is 426 g/mol. The van der Waals surface area contributed by atoms with E-state index in [2.05, 4.69) is 30.9 Å². The average Bonchev–Trinajstić information content (AvgIpc) is 3.58. The second kappa shape index (κ2) is 7.16. The molecule has 0 aliphatic carbocycles. The Labute approximate surface area is 181 Å². The first-order valence-corrected chi connectivity index (χ1v) is 10.3. The lowest BCUT2D eigenvalue weighted by molar-refractivity contribution is -0.137. The van der Waals surface area contributed by atoms with Crippen molar-refractivity contribution in [3.63, 3.8) is 0 Å². The van der Waals surface area contributed by atoms with Crippen LogP contribution in [0.1, 0.15) is 24.6 Å². The molecule has 6 rings (SSSR count). The highest BCUT2D eigenvalue weighted by atomic mass is 16.5. The summed E-state index contributed by atoms with van der Waals surface area (Å²) in [5.41, 5.74) is 3.69. The molecule has 5 heterocycles. The number of hydrogen-bond donors (Lipinski definition) is 1. The van der Waals surface area contributed by atoms with Gasteiger partial charge in [-0.2, -0.15) is 10.1 Å². The standard InChI is InChI=1S/C23H18N6O3/c30-21(31)12-18-6-5-17-10-14-2-3-15(11-19(14)29(17)18)22-26-23(32-27-22)16-4-7-20(24-13-16)28-9-1-8-25-28/h1-4,7-11,13,18H,5-6,12H2,(H,30,31). The molecule has 1 atom stereocenters. The summed E-state index contributed by atoms with van der Waals surface area (Å²) in [5, 5.41) is 18.7. The van der Waals surface area contributed by atoms with Crippen molar-refractivity contribution in [3.05, 3.63) is 66.7 Å². The lowest BCUT2D eigenvalue weighted by atomic mass is 10.1. The van der Waals surface area contributed by atoms with Crippen LogP contribution in [0.25, 0.3) is 39.6 Å². The summed E-state index contributed by atoms with van der Waals surface area (Å²) in [6.45, 7) is 0. The van der Waals surface area contributed by atoms with Crippen LogP contribution in [0.15, 0.2) is 65.6 Å². The van der Waals surface area contributed by atoms with E-state index in [-0.39, 0.29) is 12.5 Å². The Hall–Kier alpha value is -4.27. The van der Waals surface area contributed by atoms with Crippen molar-refractivity contribution < 1.29 is 14.4 Å². The molecule has 1 aliphatic heterocycles. The predicted molar refractivity (Wildman–Crippen MR) is 115 cm³/mol. The van der Waals surface area contributed by atoms with Crippen molar-refractivity contribution in [2.24, 2.45) is 0 Å². The van der Waals surface area contributed by atoms with Gasteiger partial charge < -0.3 is 14.2 Å². The Morgan fingerprint density at radius 1 is 1.19 bits per heavy atom. The van der Waals surface area contributed by atoms with Crippen LogP contribution in [0.3, 0.4) is 0 Å². The number of aromatic nitrogens is 6. The third kappa shape index (κ3) is 3.06. The van der Waals surface area contributed by atoms with Gasteiger partial charge in [0.05, 0.1) is 12.0 Å². The smallest absolute Gasteiger partial charge is 0.305 e. The van der Waals surface area contributed by atoms with E-state index < -0.39 is 5.97 Å². The van der Waals surface area contributed by atoms with Crippen LogP contribution in [0.4, 0.5) is 0 Å². The number of rotatable bonds is 5. The minimum absolute atomic E-state index is 0.0320. The summed E-state index contributed by atoms with van der Waals surface area (Å²) in [4.78, 5) is 20.2. The molecule has 9 heteroatoms. The first-order valence-electron chi connectivity index (χ1n) is 10.3. The van der Waals surface area contributed by atoms with Gasteiger partial charge in [-0.25, -0.2) is 9.67 Å². The van der Waals surface area contributed by atoms with Crippen LogP contribution >= 0.6 is 0 Å². The second-order valence-corrected chi connectivity index (χ2v) is 7.85. The fourth-order valence-corrected chi connectivity index (χ4v) is 4.39. The summed E-state index contributed by atoms with van der Waals surface area (Å²) in [6.07, 6.45) is 7.04. The lowest BCUT2D eigenvalue weighted by Gasteiger charge is -2.13. The van der Waals surface area contributed by atoms with E-state index in [0.29, 0.717) is 23.1 Å². The van der Waals surface area contributed by atoms with Crippen molar-refractivity contribution in [2.75, 3.05) is 0 Å². The molecule has 1 unspecified atom stereocenters. The van der Waals surface area contributed by atoms with Gasteiger partial charge in [0.1, 0.15) is 0 Å². The number of pyridine rings is 1. The Morgan fingerprint density at radius 3 is 2.88 bits per heavy atom. The van der Waals surface area contributed by atoms with Crippen molar-refractivity contribution in [1.29, 1.82) is 0 Å². The van der Waals surface area contributed by atoms with Gasteiger partial charge in [-0.05, 0) is 48.6 Å². The molecule has 1 aliphatic rings. The van der Waals surface area contributed by atoms with Gasteiger partial charge in [-0.1, -0.05) is 17.3 Å². The fourth-order valence-electron chi connectivity index (χ4n) is 4.39. The third-order valence-electron chi connectivity index (χ3n) is 5.85. The Bertz CT molecular complexity index is 1430. The van der Waals surface area contributed by atoms with Crippen LogP contribution in [-0.2, 0) is 11.2 Å². The zero-order valence-electron chi connectivity index (χ0n) is 16.9. The van der Waals surface area contributed by atoms with Gasteiger partial charge >= 0.3 is 5.97 Å². The number of hydrogen-bond acceptors (Lipinski definition) is 6. The number of aliphatic carboxylic acids is 1. The highest BCUT2D eigenvalue weighted by molar-refractivity contribution is 5.86.